The van der Waals surface area contributed by atoms with Crippen molar-refractivity contribution in [3.8, 4) is 0 Å². The van der Waals surface area contributed by atoms with E-state index in [0.717, 1.165) is 16.5 Å². The van der Waals surface area contributed by atoms with E-state index >= 15 is 0 Å². The Morgan fingerprint density at radius 2 is 2.31 bits per heavy atom. The van der Waals surface area contributed by atoms with Crippen molar-refractivity contribution in [1.82, 2.24) is 4.98 Å². The molecule has 13 heavy (non-hydrogen) atoms. The van der Waals surface area contributed by atoms with E-state index < -0.39 is 0 Å². The highest BCUT2D eigenvalue weighted by atomic mass is 16.3. The third-order valence-corrected chi connectivity index (χ3v) is 2.02. The molecule has 0 unspecified atom stereocenters. The Morgan fingerprint density at radius 3 is 3.00 bits per heavy atom. The average molecular weight is 175 g/mol. The molecule has 0 saturated heterocycles. The predicted molar refractivity (Wildman–Crippen MR) is 48.8 cm³/mol. The van der Waals surface area contributed by atoms with Crippen molar-refractivity contribution >= 4 is 16.8 Å². The normalized spacial score (nSPS) is 10.6. The average Bonchev–Trinajstić information content (AvgIpc) is 2.47. The number of aryl methyl sites for hydroxylation is 1. The molecule has 3 heteroatoms. The Morgan fingerprint density at radius 1 is 1.54 bits per heavy atom. The van der Waals surface area contributed by atoms with Crippen LogP contribution in [0, 0.1) is 6.92 Å². The number of furan rings is 1. The molecule has 0 aliphatic carbocycles. The Bertz CT molecular complexity index is 471. The lowest BCUT2D eigenvalue weighted by molar-refractivity contribution is 0.101. The van der Waals surface area contributed by atoms with Crippen LogP contribution in [0.15, 0.2) is 22.9 Å². The summed E-state index contributed by atoms with van der Waals surface area (Å²) in [6.45, 7) is 3.44. The van der Waals surface area contributed by atoms with Gasteiger partial charge in [-0.1, -0.05) is 0 Å². The molecule has 2 heterocycles. The quantitative estimate of drug-likeness (QED) is 0.625. The minimum Gasteiger partial charge on any atom is -0.462 e. The van der Waals surface area contributed by atoms with Gasteiger partial charge in [0.2, 0.25) is 0 Å². The van der Waals surface area contributed by atoms with E-state index in [1.54, 1.807) is 18.5 Å². The highest BCUT2D eigenvalue weighted by molar-refractivity contribution is 5.95. The minimum absolute atomic E-state index is 0.0255. The van der Waals surface area contributed by atoms with Gasteiger partial charge < -0.3 is 4.42 Å². The second kappa shape index (κ2) is 2.69. The largest absolute Gasteiger partial charge is 0.462 e. The van der Waals surface area contributed by atoms with E-state index in [9.17, 15) is 4.79 Å². The molecular weight excluding hydrogens is 166 g/mol. The van der Waals surface area contributed by atoms with Gasteiger partial charge in [-0.15, -0.1) is 0 Å². The number of aromatic nitrogens is 1. The van der Waals surface area contributed by atoms with Gasteiger partial charge in [0.1, 0.15) is 5.69 Å². The smallest absolute Gasteiger partial charge is 0.178 e. The van der Waals surface area contributed by atoms with Gasteiger partial charge in [0.05, 0.1) is 12.5 Å². The van der Waals surface area contributed by atoms with Crippen LogP contribution in [0.1, 0.15) is 23.0 Å². The summed E-state index contributed by atoms with van der Waals surface area (Å²) in [5, 5.41) is 0.959. The van der Waals surface area contributed by atoms with Crippen molar-refractivity contribution < 1.29 is 9.21 Å². The van der Waals surface area contributed by atoms with Gasteiger partial charge in [0, 0.05) is 12.3 Å². The van der Waals surface area contributed by atoms with E-state index in [1.807, 2.05) is 6.92 Å². The van der Waals surface area contributed by atoms with Gasteiger partial charge >= 0.3 is 0 Å². The van der Waals surface area contributed by atoms with Crippen LogP contribution in [0.25, 0.3) is 11.0 Å². The van der Waals surface area contributed by atoms with Crippen molar-refractivity contribution in [2.24, 2.45) is 0 Å². The molecule has 0 radical (unpaired) electrons. The van der Waals surface area contributed by atoms with Crippen LogP contribution in [0.5, 0.6) is 0 Å². The van der Waals surface area contributed by atoms with Crippen LogP contribution < -0.4 is 0 Å². The zero-order chi connectivity index (χ0) is 9.42. The van der Waals surface area contributed by atoms with Gasteiger partial charge in [-0.3, -0.25) is 4.79 Å². The van der Waals surface area contributed by atoms with E-state index in [4.69, 9.17) is 4.42 Å². The zero-order valence-corrected chi connectivity index (χ0v) is 7.50. The molecule has 0 saturated carbocycles. The van der Waals surface area contributed by atoms with Crippen LogP contribution >= 0.6 is 0 Å². The monoisotopic (exact) mass is 175 g/mol. The van der Waals surface area contributed by atoms with Gasteiger partial charge in [-0.25, -0.2) is 4.98 Å². The molecule has 0 fully saturated rings. The summed E-state index contributed by atoms with van der Waals surface area (Å²) in [6, 6.07) is 1.76. The maximum Gasteiger partial charge on any atom is 0.178 e. The summed E-state index contributed by atoms with van der Waals surface area (Å²) in [5.74, 6) is -0.0255. The molecule has 0 aliphatic rings. The van der Waals surface area contributed by atoms with E-state index in [0.29, 0.717) is 5.69 Å². The number of carbonyl (C=O) groups is 1. The Labute approximate surface area is 75.4 Å². The fourth-order valence-electron chi connectivity index (χ4n) is 1.25. The molecule has 0 atom stereocenters. The van der Waals surface area contributed by atoms with E-state index in [1.165, 1.54) is 6.92 Å². The zero-order valence-electron chi connectivity index (χ0n) is 7.50. The second-order valence-electron chi connectivity index (χ2n) is 3.04. The summed E-state index contributed by atoms with van der Waals surface area (Å²) in [4.78, 5) is 15.0. The fraction of sp³-hybridized carbons (Fsp3) is 0.200. The Balaban J connectivity index is 2.72. The number of fused-ring (bicyclic) bond motifs is 1. The number of pyridine rings is 1. The van der Waals surface area contributed by atoms with Crippen molar-refractivity contribution in [2.45, 2.75) is 13.8 Å². The summed E-state index contributed by atoms with van der Waals surface area (Å²) in [7, 11) is 0. The molecule has 2 aromatic rings. The van der Waals surface area contributed by atoms with Crippen molar-refractivity contribution in [1.29, 1.82) is 0 Å². The number of hydrogen-bond donors (Lipinski definition) is 0. The third-order valence-electron chi connectivity index (χ3n) is 2.02. The second-order valence-corrected chi connectivity index (χ2v) is 3.04. The van der Waals surface area contributed by atoms with Gasteiger partial charge in [-0.2, -0.15) is 0 Å². The maximum atomic E-state index is 11.0. The van der Waals surface area contributed by atoms with Crippen LogP contribution in [0.3, 0.4) is 0 Å². The molecule has 66 valence electrons. The van der Waals surface area contributed by atoms with Crippen molar-refractivity contribution in [2.75, 3.05) is 0 Å². The van der Waals surface area contributed by atoms with Crippen LogP contribution in [0.4, 0.5) is 0 Å². The minimum atomic E-state index is -0.0255. The lowest BCUT2D eigenvalue weighted by atomic mass is 10.2. The molecule has 0 N–H and O–H groups in total. The van der Waals surface area contributed by atoms with Crippen LogP contribution in [0.2, 0.25) is 0 Å². The molecule has 2 rings (SSSR count). The number of carbonyl (C=O) groups excluding carboxylic acids is 1. The van der Waals surface area contributed by atoms with Gasteiger partial charge in [-0.05, 0) is 18.6 Å². The summed E-state index contributed by atoms with van der Waals surface area (Å²) in [5.41, 5.74) is 2.24. The van der Waals surface area contributed by atoms with Crippen molar-refractivity contribution in [3.63, 3.8) is 0 Å². The highest BCUT2D eigenvalue weighted by Gasteiger charge is 2.06. The fourth-order valence-corrected chi connectivity index (χ4v) is 1.25. The summed E-state index contributed by atoms with van der Waals surface area (Å²) < 4.78 is 5.21. The Hall–Kier alpha value is -1.64. The molecule has 0 spiro atoms. The summed E-state index contributed by atoms with van der Waals surface area (Å²) >= 11 is 0. The maximum absolute atomic E-state index is 11.0. The first-order chi connectivity index (χ1) is 6.18. The number of ketones is 1. The molecule has 3 nitrogen and oxygen atoms in total. The lowest BCUT2D eigenvalue weighted by Crippen LogP contribution is -1.94. The molecule has 2 aromatic heterocycles. The highest BCUT2D eigenvalue weighted by Crippen LogP contribution is 2.19. The number of Topliss-reactive ketones (excluding diaryl/α,β-unsaturated/α-hetero) is 1. The first-order valence-corrected chi connectivity index (χ1v) is 4.03. The summed E-state index contributed by atoms with van der Waals surface area (Å²) in [6.07, 6.45) is 3.25. The predicted octanol–water partition coefficient (Wildman–Crippen LogP) is 2.34. The molecule has 0 aromatic carbocycles. The standard InChI is InChI=1S/C10H9NO2/c1-6-5-13-10-4-11-9(7(2)12)3-8(6)10/h3-5H,1-2H3. The van der Waals surface area contributed by atoms with Crippen molar-refractivity contribution in [3.05, 3.63) is 29.8 Å². The van der Waals surface area contributed by atoms with Gasteiger partial charge in [0.25, 0.3) is 0 Å². The molecule has 0 amide bonds. The van der Waals surface area contributed by atoms with E-state index in [-0.39, 0.29) is 5.78 Å². The van der Waals surface area contributed by atoms with Gasteiger partial charge in [0.15, 0.2) is 11.4 Å². The molecular formula is C10H9NO2. The molecule has 0 aliphatic heterocycles. The number of rotatable bonds is 1. The SMILES string of the molecule is CC(=O)c1cc2c(C)coc2cn1. The first-order valence-electron chi connectivity index (χ1n) is 4.03. The van der Waals surface area contributed by atoms with Crippen LogP contribution in [-0.4, -0.2) is 10.8 Å². The number of nitrogens with zero attached hydrogens (tertiary/aromatic N) is 1. The first kappa shape index (κ1) is 7.98. The topological polar surface area (TPSA) is 43.1 Å². The number of hydrogen-bond acceptors (Lipinski definition) is 3. The lowest BCUT2D eigenvalue weighted by Gasteiger charge is -1.93. The Kier molecular flexibility index (Phi) is 1.65. The molecule has 0 bridgehead atoms. The third kappa shape index (κ3) is 1.22. The van der Waals surface area contributed by atoms with E-state index in [2.05, 4.69) is 4.98 Å². The van der Waals surface area contributed by atoms with Crippen LogP contribution in [-0.2, 0) is 0 Å².